The van der Waals surface area contributed by atoms with Crippen LogP contribution in [-0.2, 0) is 10.0 Å². The Morgan fingerprint density at radius 3 is 2.47 bits per heavy atom. The van der Waals surface area contributed by atoms with Gasteiger partial charge in [-0.3, -0.25) is 4.98 Å². The van der Waals surface area contributed by atoms with E-state index < -0.39 is 15.6 Å². The molecule has 0 aliphatic heterocycles. The normalized spacial score (nSPS) is 12.8. The van der Waals surface area contributed by atoms with Gasteiger partial charge in [0.2, 0.25) is 10.0 Å². The van der Waals surface area contributed by atoms with Crippen LogP contribution in [0, 0.1) is 0 Å². The Labute approximate surface area is 94.7 Å². The maximum absolute atomic E-state index is 11.8. The Hall–Kier alpha value is -0.650. The van der Waals surface area contributed by atoms with Crippen LogP contribution >= 0.6 is 11.6 Å². The van der Waals surface area contributed by atoms with Crippen LogP contribution in [0.2, 0.25) is 5.02 Å². The van der Waals surface area contributed by atoms with Gasteiger partial charge in [0.05, 0.1) is 5.02 Å². The summed E-state index contributed by atoms with van der Waals surface area (Å²) in [6.45, 7) is 5.28. The predicted molar refractivity (Wildman–Crippen MR) is 59.3 cm³/mol. The van der Waals surface area contributed by atoms with Gasteiger partial charge in [-0.05, 0) is 26.8 Å². The number of sulfonamides is 1. The van der Waals surface area contributed by atoms with Crippen molar-refractivity contribution in [3.8, 4) is 0 Å². The summed E-state index contributed by atoms with van der Waals surface area (Å²) in [5, 5.41) is 0.168. The maximum atomic E-state index is 11.8. The van der Waals surface area contributed by atoms with E-state index in [0.29, 0.717) is 0 Å². The van der Waals surface area contributed by atoms with E-state index in [-0.39, 0.29) is 9.92 Å². The number of nitrogens with zero attached hydrogens (tertiary/aromatic N) is 1. The minimum atomic E-state index is -3.59. The van der Waals surface area contributed by atoms with E-state index in [1.807, 2.05) is 0 Å². The Morgan fingerprint density at radius 1 is 1.40 bits per heavy atom. The Morgan fingerprint density at radius 2 is 2.00 bits per heavy atom. The molecule has 0 fully saturated rings. The number of nitrogens with one attached hydrogen (secondary N) is 1. The van der Waals surface area contributed by atoms with Crippen LogP contribution in [0.15, 0.2) is 23.4 Å². The van der Waals surface area contributed by atoms with E-state index in [0.717, 1.165) is 0 Å². The molecule has 0 unspecified atom stereocenters. The molecule has 0 aromatic carbocycles. The topological polar surface area (TPSA) is 59.1 Å². The molecular weight excluding hydrogens is 236 g/mol. The molecule has 0 saturated carbocycles. The summed E-state index contributed by atoms with van der Waals surface area (Å²) >= 11 is 5.78. The molecule has 1 aromatic heterocycles. The zero-order chi connectivity index (χ0) is 11.7. The number of hydrogen-bond acceptors (Lipinski definition) is 3. The molecule has 0 bridgehead atoms. The standard InChI is InChI=1S/C9H13ClN2O2S/c1-9(2,3)12-15(13,14)8-6-11-5-4-7(8)10/h4-6,12H,1-3H3. The van der Waals surface area contributed by atoms with Crippen molar-refractivity contribution >= 4 is 21.6 Å². The van der Waals surface area contributed by atoms with Gasteiger partial charge in [-0.25, -0.2) is 13.1 Å². The number of rotatable bonds is 2. The highest BCUT2D eigenvalue weighted by atomic mass is 35.5. The van der Waals surface area contributed by atoms with Crippen molar-refractivity contribution in [2.75, 3.05) is 0 Å². The predicted octanol–water partition coefficient (Wildman–Crippen LogP) is 1.81. The first-order valence-electron chi connectivity index (χ1n) is 4.36. The molecular formula is C9H13ClN2O2S. The summed E-state index contributed by atoms with van der Waals surface area (Å²) in [4.78, 5) is 3.74. The summed E-state index contributed by atoms with van der Waals surface area (Å²) in [7, 11) is -3.59. The molecule has 6 heteroatoms. The van der Waals surface area contributed by atoms with Crippen molar-refractivity contribution in [1.82, 2.24) is 9.71 Å². The lowest BCUT2D eigenvalue weighted by atomic mass is 10.1. The molecule has 15 heavy (non-hydrogen) atoms. The minimum Gasteiger partial charge on any atom is -0.263 e. The summed E-state index contributed by atoms with van der Waals surface area (Å²) in [6.07, 6.45) is 2.68. The van der Waals surface area contributed by atoms with Crippen LogP contribution in [0.1, 0.15) is 20.8 Å². The molecule has 0 aliphatic carbocycles. The lowest BCUT2D eigenvalue weighted by Crippen LogP contribution is -2.40. The lowest BCUT2D eigenvalue weighted by molar-refractivity contribution is 0.491. The lowest BCUT2D eigenvalue weighted by Gasteiger charge is -2.20. The molecule has 84 valence electrons. The van der Waals surface area contributed by atoms with Gasteiger partial charge in [-0.1, -0.05) is 11.6 Å². The first kappa shape index (κ1) is 12.4. The third-order valence-corrected chi connectivity index (χ3v) is 3.69. The van der Waals surface area contributed by atoms with Gasteiger partial charge in [0, 0.05) is 17.9 Å². The van der Waals surface area contributed by atoms with Gasteiger partial charge < -0.3 is 0 Å². The number of hydrogen-bond donors (Lipinski definition) is 1. The second-order valence-electron chi connectivity index (χ2n) is 4.16. The van der Waals surface area contributed by atoms with Crippen LogP contribution in [0.5, 0.6) is 0 Å². The van der Waals surface area contributed by atoms with Gasteiger partial charge in [-0.15, -0.1) is 0 Å². The minimum absolute atomic E-state index is 0.00147. The number of aromatic nitrogens is 1. The van der Waals surface area contributed by atoms with Crippen LogP contribution in [-0.4, -0.2) is 18.9 Å². The Balaban J connectivity index is 3.13. The molecule has 0 spiro atoms. The van der Waals surface area contributed by atoms with Crippen LogP contribution in [0.25, 0.3) is 0 Å². The van der Waals surface area contributed by atoms with Crippen molar-refractivity contribution in [1.29, 1.82) is 0 Å². The van der Waals surface area contributed by atoms with Crippen molar-refractivity contribution in [3.63, 3.8) is 0 Å². The highest BCUT2D eigenvalue weighted by Gasteiger charge is 2.24. The summed E-state index contributed by atoms with van der Waals surface area (Å²) in [6, 6.07) is 1.44. The molecule has 4 nitrogen and oxygen atoms in total. The van der Waals surface area contributed by atoms with Crippen molar-refractivity contribution < 1.29 is 8.42 Å². The van der Waals surface area contributed by atoms with Crippen molar-refractivity contribution in [2.45, 2.75) is 31.2 Å². The highest BCUT2D eigenvalue weighted by molar-refractivity contribution is 7.89. The van der Waals surface area contributed by atoms with Crippen LogP contribution in [0.3, 0.4) is 0 Å². The second kappa shape index (κ2) is 4.08. The molecule has 0 saturated heterocycles. The van der Waals surface area contributed by atoms with E-state index in [2.05, 4.69) is 9.71 Å². The second-order valence-corrected chi connectivity index (χ2v) is 6.22. The third-order valence-electron chi connectivity index (χ3n) is 1.46. The molecule has 1 aromatic rings. The van der Waals surface area contributed by atoms with Gasteiger partial charge >= 0.3 is 0 Å². The largest absolute Gasteiger partial charge is 0.263 e. The summed E-state index contributed by atoms with van der Waals surface area (Å²) in [5.41, 5.74) is -0.544. The Kier molecular flexibility index (Phi) is 3.38. The van der Waals surface area contributed by atoms with E-state index in [1.165, 1.54) is 18.5 Å². The van der Waals surface area contributed by atoms with Crippen LogP contribution < -0.4 is 4.72 Å². The summed E-state index contributed by atoms with van der Waals surface area (Å²) < 4.78 is 26.2. The Bertz CT molecular complexity index is 451. The average molecular weight is 249 g/mol. The zero-order valence-electron chi connectivity index (χ0n) is 8.78. The first-order chi connectivity index (χ1) is 6.72. The fraction of sp³-hybridized carbons (Fsp3) is 0.444. The molecule has 1 rings (SSSR count). The van der Waals surface area contributed by atoms with E-state index in [1.54, 1.807) is 20.8 Å². The number of halogens is 1. The third kappa shape index (κ3) is 3.44. The fourth-order valence-corrected chi connectivity index (χ4v) is 2.87. The molecule has 0 amide bonds. The summed E-state index contributed by atoms with van der Waals surface area (Å²) in [5.74, 6) is 0. The quantitative estimate of drug-likeness (QED) is 0.869. The molecule has 0 radical (unpaired) electrons. The van der Waals surface area contributed by atoms with Gasteiger partial charge in [0.25, 0.3) is 0 Å². The van der Waals surface area contributed by atoms with Gasteiger partial charge in [0.15, 0.2) is 0 Å². The molecule has 1 N–H and O–H groups in total. The first-order valence-corrected chi connectivity index (χ1v) is 6.22. The van der Waals surface area contributed by atoms with Gasteiger partial charge in [-0.2, -0.15) is 0 Å². The average Bonchev–Trinajstić information content (AvgIpc) is 1.99. The van der Waals surface area contributed by atoms with Crippen molar-refractivity contribution in [3.05, 3.63) is 23.5 Å². The van der Waals surface area contributed by atoms with E-state index in [9.17, 15) is 8.42 Å². The SMILES string of the molecule is CC(C)(C)NS(=O)(=O)c1cnccc1Cl. The van der Waals surface area contributed by atoms with E-state index >= 15 is 0 Å². The smallest absolute Gasteiger partial charge is 0.244 e. The molecule has 0 aliphatic rings. The monoisotopic (exact) mass is 248 g/mol. The number of pyridine rings is 1. The van der Waals surface area contributed by atoms with Gasteiger partial charge in [0.1, 0.15) is 4.90 Å². The van der Waals surface area contributed by atoms with Crippen molar-refractivity contribution in [2.24, 2.45) is 0 Å². The highest BCUT2D eigenvalue weighted by Crippen LogP contribution is 2.20. The van der Waals surface area contributed by atoms with E-state index in [4.69, 9.17) is 11.6 Å². The molecule has 0 atom stereocenters. The zero-order valence-corrected chi connectivity index (χ0v) is 10.4. The van der Waals surface area contributed by atoms with Crippen LogP contribution in [0.4, 0.5) is 0 Å². The maximum Gasteiger partial charge on any atom is 0.244 e. The fourth-order valence-electron chi connectivity index (χ4n) is 1.02. The molecule has 1 heterocycles.